The first kappa shape index (κ1) is 9.99. The fourth-order valence-corrected chi connectivity index (χ4v) is 1.63. The predicted octanol–water partition coefficient (Wildman–Crippen LogP) is 2.60. The molecule has 15 heavy (non-hydrogen) atoms. The molecule has 0 amide bonds. The molecule has 0 bridgehead atoms. The van der Waals surface area contributed by atoms with Crippen molar-refractivity contribution >= 4 is 16.5 Å². The quantitative estimate of drug-likeness (QED) is 0.744. The lowest BCUT2D eigenvalue weighted by atomic mass is 10.1. The molecule has 0 unspecified atom stereocenters. The van der Waals surface area contributed by atoms with E-state index in [9.17, 15) is 0 Å². The Bertz CT molecular complexity index is 437. The van der Waals surface area contributed by atoms with E-state index >= 15 is 0 Å². The zero-order valence-corrected chi connectivity index (χ0v) is 8.74. The van der Waals surface area contributed by atoms with Crippen molar-refractivity contribution in [2.75, 3.05) is 18.4 Å². The van der Waals surface area contributed by atoms with Crippen molar-refractivity contribution in [2.45, 2.75) is 6.42 Å². The Balaban J connectivity index is 2.16. The maximum Gasteiger partial charge on any atom is 0.0346 e. The van der Waals surface area contributed by atoms with Crippen LogP contribution in [0.15, 0.2) is 42.5 Å². The van der Waals surface area contributed by atoms with E-state index in [0.29, 0.717) is 0 Å². The second-order valence-corrected chi connectivity index (χ2v) is 3.63. The van der Waals surface area contributed by atoms with Crippen molar-refractivity contribution in [3.63, 3.8) is 0 Å². The average molecular weight is 200 g/mol. The smallest absolute Gasteiger partial charge is 0.0346 e. The summed E-state index contributed by atoms with van der Waals surface area (Å²) in [7, 11) is 0. The van der Waals surface area contributed by atoms with Gasteiger partial charge < -0.3 is 11.1 Å². The van der Waals surface area contributed by atoms with Gasteiger partial charge in [0.2, 0.25) is 0 Å². The molecule has 78 valence electrons. The van der Waals surface area contributed by atoms with Crippen LogP contribution in [-0.4, -0.2) is 13.1 Å². The highest BCUT2D eigenvalue weighted by molar-refractivity contribution is 5.85. The summed E-state index contributed by atoms with van der Waals surface area (Å²) in [6.45, 7) is 1.68. The molecule has 0 aromatic heterocycles. The van der Waals surface area contributed by atoms with E-state index in [2.05, 4.69) is 47.8 Å². The van der Waals surface area contributed by atoms with Crippen LogP contribution in [0.3, 0.4) is 0 Å². The molecular formula is C13H16N2. The molecule has 3 N–H and O–H groups in total. The SMILES string of the molecule is NCCCNc1ccc2ccccc2c1. The Morgan fingerprint density at radius 1 is 1.00 bits per heavy atom. The molecule has 2 aromatic carbocycles. The van der Waals surface area contributed by atoms with Gasteiger partial charge in [-0.1, -0.05) is 30.3 Å². The summed E-state index contributed by atoms with van der Waals surface area (Å²) in [5, 5.41) is 5.91. The summed E-state index contributed by atoms with van der Waals surface area (Å²) < 4.78 is 0. The molecule has 2 nitrogen and oxygen atoms in total. The summed E-state index contributed by atoms with van der Waals surface area (Å²) in [5.74, 6) is 0. The monoisotopic (exact) mass is 200 g/mol. The molecule has 0 saturated carbocycles. The molecule has 2 aromatic rings. The van der Waals surface area contributed by atoms with E-state index in [4.69, 9.17) is 5.73 Å². The van der Waals surface area contributed by atoms with Gasteiger partial charge in [-0.2, -0.15) is 0 Å². The van der Waals surface area contributed by atoms with Crippen LogP contribution in [0.5, 0.6) is 0 Å². The highest BCUT2D eigenvalue weighted by atomic mass is 14.9. The van der Waals surface area contributed by atoms with Gasteiger partial charge in [-0.3, -0.25) is 0 Å². The number of benzene rings is 2. The third-order valence-electron chi connectivity index (χ3n) is 2.46. The lowest BCUT2D eigenvalue weighted by molar-refractivity contribution is 0.874. The molecule has 0 aliphatic heterocycles. The van der Waals surface area contributed by atoms with Crippen LogP contribution in [0.25, 0.3) is 10.8 Å². The fraction of sp³-hybridized carbons (Fsp3) is 0.231. The molecule has 0 saturated heterocycles. The van der Waals surface area contributed by atoms with Gasteiger partial charge in [0, 0.05) is 12.2 Å². The van der Waals surface area contributed by atoms with Gasteiger partial charge in [-0.05, 0) is 35.9 Å². The summed E-state index contributed by atoms with van der Waals surface area (Å²) >= 11 is 0. The molecule has 0 aliphatic rings. The third kappa shape index (κ3) is 2.48. The summed E-state index contributed by atoms with van der Waals surface area (Å²) in [5.41, 5.74) is 6.61. The summed E-state index contributed by atoms with van der Waals surface area (Å²) in [6.07, 6.45) is 1.01. The molecule has 0 fully saturated rings. The maximum absolute atomic E-state index is 5.44. The number of hydrogen-bond donors (Lipinski definition) is 2. The van der Waals surface area contributed by atoms with Crippen molar-refractivity contribution in [3.8, 4) is 0 Å². The maximum atomic E-state index is 5.44. The minimum absolute atomic E-state index is 0.737. The zero-order valence-electron chi connectivity index (χ0n) is 8.74. The molecule has 0 spiro atoms. The largest absolute Gasteiger partial charge is 0.385 e. The van der Waals surface area contributed by atoms with E-state index < -0.39 is 0 Å². The standard InChI is InChI=1S/C13H16N2/c14-8-3-9-15-13-7-6-11-4-1-2-5-12(11)10-13/h1-2,4-7,10,15H,3,8-9,14H2. The van der Waals surface area contributed by atoms with Crippen LogP contribution in [0, 0.1) is 0 Å². The zero-order chi connectivity index (χ0) is 10.5. The molecule has 0 aliphatic carbocycles. The minimum atomic E-state index is 0.737. The second kappa shape index (κ2) is 4.80. The number of rotatable bonds is 4. The van der Waals surface area contributed by atoms with Crippen LogP contribution in [0.1, 0.15) is 6.42 Å². The number of anilines is 1. The van der Waals surface area contributed by atoms with Crippen molar-refractivity contribution in [2.24, 2.45) is 5.73 Å². The van der Waals surface area contributed by atoms with E-state index in [1.54, 1.807) is 0 Å². The lowest BCUT2D eigenvalue weighted by Crippen LogP contribution is -2.08. The first-order valence-corrected chi connectivity index (χ1v) is 5.33. The Morgan fingerprint density at radius 3 is 2.60 bits per heavy atom. The van der Waals surface area contributed by atoms with Crippen LogP contribution in [0.2, 0.25) is 0 Å². The molecular weight excluding hydrogens is 184 g/mol. The van der Waals surface area contributed by atoms with Crippen LogP contribution in [0.4, 0.5) is 5.69 Å². The van der Waals surface area contributed by atoms with Crippen LogP contribution >= 0.6 is 0 Å². The fourth-order valence-electron chi connectivity index (χ4n) is 1.63. The normalized spacial score (nSPS) is 10.5. The Labute approximate surface area is 90.1 Å². The van der Waals surface area contributed by atoms with Gasteiger partial charge >= 0.3 is 0 Å². The van der Waals surface area contributed by atoms with Gasteiger partial charge in [0.05, 0.1) is 0 Å². The Kier molecular flexibility index (Phi) is 3.20. The van der Waals surface area contributed by atoms with E-state index in [1.165, 1.54) is 16.5 Å². The molecule has 0 atom stereocenters. The molecule has 0 heterocycles. The van der Waals surface area contributed by atoms with Crippen molar-refractivity contribution < 1.29 is 0 Å². The van der Waals surface area contributed by atoms with E-state index in [0.717, 1.165) is 19.5 Å². The first-order valence-electron chi connectivity index (χ1n) is 5.33. The van der Waals surface area contributed by atoms with Crippen molar-refractivity contribution in [3.05, 3.63) is 42.5 Å². The van der Waals surface area contributed by atoms with Crippen molar-refractivity contribution in [1.82, 2.24) is 0 Å². The number of fused-ring (bicyclic) bond motifs is 1. The highest BCUT2D eigenvalue weighted by Gasteiger charge is 1.94. The molecule has 2 heteroatoms. The van der Waals surface area contributed by atoms with Gasteiger partial charge in [0.15, 0.2) is 0 Å². The van der Waals surface area contributed by atoms with E-state index in [-0.39, 0.29) is 0 Å². The summed E-state index contributed by atoms with van der Waals surface area (Å²) in [6, 6.07) is 14.8. The van der Waals surface area contributed by atoms with Crippen LogP contribution < -0.4 is 11.1 Å². The second-order valence-electron chi connectivity index (χ2n) is 3.63. The number of nitrogens with two attached hydrogens (primary N) is 1. The predicted molar refractivity (Wildman–Crippen MR) is 66.1 cm³/mol. The summed E-state index contributed by atoms with van der Waals surface area (Å²) in [4.78, 5) is 0. The molecule has 0 radical (unpaired) electrons. The first-order chi connectivity index (χ1) is 7.40. The minimum Gasteiger partial charge on any atom is -0.385 e. The van der Waals surface area contributed by atoms with Gasteiger partial charge in [-0.15, -0.1) is 0 Å². The third-order valence-corrected chi connectivity index (χ3v) is 2.46. The Hall–Kier alpha value is -1.54. The van der Waals surface area contributed by atoms with E-state index in [1.807, 2.05) is 0 Å². The van der Waals surface area contributed by atoms with Crippen LogP contribution in [-0.2, 0) is 0 Å². The van der Waals surface area contributed by atoms with Gasteiger partial charge in [0.1, 0.15) is 0 Å². The van der Waals surface area contributed by atoms with Gasteiger partial charge in [-0.25, -0.2) is 0 Å². The average Bonchev–Trinajstić information content (AvgIpc) is 2.29. The van der Waals surface area contributed by atoms with Gasteiger partial charge in [0.25, 0.3) is 0 Å². The van der Waals surface area contributed by atoms with Crippen molar-refractivity contribution in [1.29, 1.82) is 0 Å². The topological polar surface area (TPSA) is 38.0 Å². The number of nitrogens with one attached hydrogen (secondary N) is 1. The Morgan fingerprint density at radius 2 is 1.80 bits per heavy atom. The number of hydrogen-bond acceptors (Lipinski definition) is 2. The molecule has 2 rings (SSSR count). The highest BCUT2D eigenvalue weighted by Crippen LogP contribution is 2.18. The lowest BCUT2D eigenvalue weighted by Gasteiger charge is -2.06.